The Balaban J connectivity index is 2.62. The van der Waals surface area contributed by atoms with Crippen LogP contribution >= 0.6 is 0 Å². The average Bonchev–Trinajstić information content (AvgIpc) is 2.35. The number of ether oxygens (including phenoxy) is 2. The first-order valence-corrected chi connectivity index (χ1v) is 5.62. The van der Waals surface area contributed by atoms with Crippen LogP contribution in [0, 0.1) is 0 Å². The van der Waals surface area contributed by atoms with Gasteiger partial charge in [-0.05, 0) is 32.0 Å². The van der Waals surface area contributed by atoms with Crippen molar-refractivity contribution in [2.24, 2.45) is 0 Å². The molecule has 0 radical (unpaired) electrons. The highest BCUT2D eigenvalue weighted by Crippen LogP contribution is 2.11. The second-order valence-corrected chi connectivity index (χ2v) is 3.98. The molecule has 5 nitrogen and oxygen atoms in total. The molecule has 1 aromatic carbocycles. The van der Waals surface area contributed by atoms with Gasteiger partial charge in [0.05, 0.1) is 18.8 Å². The van der Waals surface area contributed by atoms with Crippen LogP contribution in [0.25, 0.3) is 0 Å². The number of carbonyl (C=O) groups excluding carboxylic acids is 2. The first kappa shape index (κ1) is 14.2. The van der Waals surface area contributed by atoms with E-state index in [1.165, 1.54) is 7.11 Å². The Morgan fingerprint density at radius 2 is 2.06 bits per heavy atom. The van der Waals surface area contributed by atoms with Gasteiger partial charge in [0.15, 0.2) is 0 Å². The topological polar surface area (TPSA) is 64.6 Å². The van der Waals surface area contributed by atoms with Gasteiger partial charge in [0.1, 0.15) is 6.61 Å². The average molecular weight is 251 g/mol. The lowest BCUT2D eigenvalue weighted by Crippen LogP contribution is -2.20. The Hall–Kier alpha value is -1.88. The number of hydrogen-bond acceptors (Lipinski definition) is 4. The van der Waals surface area contributed by atoms with Crippen molar-refractivity contribution in [2.75, 3.05) is 19.0 Å². The SMILES string of the molecule is COC(=O)c1cccc(NC(=O)COC(C)C)c1. The van der Waals surface area contributed by atoms with E-state index in [0.29, 0.717) is 11.3 Å². The number of nitrogens with one attached hydrogen (secondary N) is 1. The largest absolute Gasteiger partial charge is 0.465 e. The molecule has 1 N–H and O–H groups in total. The molecule has 0 spiro atoms. The van der Waals surface area contributed by atoms with Gasteiger partial charge in [-0.15, -0.1) is 0 Å². The lowest BCUT2D eigenvalue weighted by molar-refractivity contribution is -0.121. The quantitative estimate of drug-likeness (QED) is 0.811. The second-order valence-electron chi connectivity index (χ2n) is 3.98. The maximum atomic E-state index is 11.5. The Morgan fingerprint density at radius 1 is 1.33 bits per heavy atom. The predicted octanol–water partition coefficient (Wildman–Crippen LogP) is 1.84. The zero-order chi connectivity index (χ0) is 13.5. The first-order chi connectivity index (χ1) is 8.52. The smallest absolute Gasteiger partial charge is 0.337 e. The van der Waals surface area contributed by atoms with E-state index >= 15 is 0 Å². The molecule has 0 aromatic heterocycles. The molecule has 0 heterocycles. The van der Waals surface area contributed by atoms with E-state index in [0.717, 1.165) is 0 Å². The van der Waals surface area contributed by atoms with Crippen molar-refractivity contribution in [2.45, 2.75) is 20.0 Å². The van der Waals surface area contributed by atoms with Gasteiger partial charge in [-0.3, -0.25) is 4.79 Å². The molecule has 1 aromatic rings. The van der Waals surface area contributed by atoms with E-state index in [4.69, 9.17) is 4.74 Å². The van der Waals surface area contributed by atoms with Gasteiger partial charge in [-0.25, -0.2) is 4.79 Å². The number of amides is 1. The standard InChI is InChI=1S/C13H17NO4/c1-9(2)18-8-12(15)14-11-6-4-5-10(7-11)13(16)17-3/h4-7,9H,8H2,1-3H3,(H,14,15). The summed E-state index contributed by atoms with van der Waals surface area (Å²) in [5.74, 6) is -0.699. The summed E-state index contributed by atoms with van der Waals surface area (Å²) in [7, 11) is 1.31. The fourth-order valence-corrected chi connectivity index (χ4v) is 1.28. The van der Waals surface area contributed by atoms with Crippen LogP contribution in [0.4, 0.5) is 5.69 Å². The van der Waals surface area contributed by atoms with Crippen LogP contribution in [0.2, 0.25) is 0 Å². The molecule has 0 saturated heterocycles. The van der Waals surface area contributed by atoms with E-state index in [1.807, 2.05) is 13.8 Å². The van der Waals surface area contributed by atoms with E-state index in [9.17, 15) is 9.59 Å². The van der Waals surface area contributed by atoms with Crippen molar-refractivity contribution in [3.63, 3.8) is 0 Å². The summed E-state index contributed by atoms with van der Waals surface area (Å²) in [6.07, 6.45) is -0.00264. The highest BCUT2D eigenvalue weighted by molar-refractivity contribution is 5.94. The summed E-state index contributed by atoms with van der Waals surface area (Å²) in [5.41, 5.74) is 0.926. The van der Waals surface area contributed by atoms with E-state index in [2.05, 4.69) is 10.1 Å². The summed E-state index contributed by atoms with van der Waals surface area (Å²) >= 11 is 0. The third-order valence-corrected chi connectivity index (χ3v) is 2.12. The Morgan fingerprint density at radius 3 is 2.67 bits per heavy atom. The minimum Gasteiger partial charge on any atom is -0.465 e. The van der Waals surface area contributed by atoms with Crippen LogP contribution in [-0.4, -0.2) is 31.7 Å². The number of esters is 1. The Kier molecular flexibility index (Phi) is 5.32. The molecule has 0 fully saturated rings. The minimum absolute atomic E-state index is 0.00264. The van der Waals surface area contributed by atoms with Gasteiger partial charge >= 0.3 is 5.97 Å². The van der Waals surface area contributed by atoms with Gasteiger partial charge in [0, 0.05) is 5.69 Å². The molecule has 0 aliphatic rings. The van der Waals surface area contributed by atoms with Gasteiger partial charge < -0.3 is 14.8 Å². The van der Waals surface area contributed by atoms with Gasteiger partial charge in [0.25, 0.3) is 0 Å². The van der Waals surface area contributed by atoms with Crippen LogP contribution in [0.1, 0.15) is 24.2 Å². The van der Waals surface area contributed by atoms with Crippen LogP contribution in [0.3, 0.4) is 0 Å². The van der Waals surface area contributed by atoms with Crippen LogP contribution in [0.5, 0.6) is 0 Å². The summed E-state index contributed by atoms with van der Waals surface area (Å²) in [6, 6.07) is 6.54. The monoisotopic (exact) mass is 251 g/mol. The molecule has 18 heavy (non-hydrogen) atoms. The molecule has 0 aliphatic heterocycles. The summed E-state index contributed by atoms with van der Waals surface area (Å²) < 4.78 is 9.77. The summed E-state index contributed by atoms with van der Waals surface area (Å²) in [5, 5.41) is 2.64. The van der Waals surface area contributed by atoms with Crippen molar-refractivity contribution >= 4 is 17.6 Å². The molecule has 1 rings (SSSR count). The predicted molar refractivity (Wildman–Crippen MR) is 67.5 cm³/mol. The third kappa shape index (κ3) is 4.55. The molecule has 1 amide bonds. The molecular formula is C13H17NO4. The number of rotatable bonds is 5. The maximum absolute atomic E-state index is 11.5. The lowest BCUT2D eigenvalue weighted by atomic mass is 10.2. The molecule has 0 unspecified atom stereocenters. The summed E-state index contributed by atoms with van der Waals surface area (Å²) in [4.78, 5) is 22.8. The minimum atomic E-state index is -0.440. The number of benzene rings is 1. The van der Waals surface area contributed by atoms with E-state index < -0.39 is 5.97 Å². The first-order valence-electron chi connectivity index (χ1n) is 5.62. The van der Waals surface area contributed by atoms with Crippen molar-refractivity contribution in [3.8, 4) is 0 Å². The summed E-state index contributed by atoms with van der Waals surface area (Å²) in [6.45, 7) is 3.69. The third-order valence-electron chi connectivity index (χ3n) is 2.12. The normalized spacial score (nSPS) is 10.2. The number of hydrogen-bond donors (Lipinski definition) is 1. The van der Waals surface area contributed by atoms with Crippen LogP contribution in [-0.2, 0) is 14.3 Å². The molecular weight excluding hydrogens is 234 g/mol. The zero-order valence-corrected chi connectivity index (χ0v) is 10.7. The van der Waals surface area contributed by atoms with E-state index in [1.54, 1.807) is 24.3 Å². The molecule has 0 saturated carbocycles. The maximum Gasteiger partial charge on any atom is 0.337 e. The second kappa shape index (κ2) is 6.76. The lowest BCUT2D eigenvalue weighted by Gasteiger charge is -2.09. The Labute approximate surface area is 106 Å². The Bertz CT molecular complexity index is 429. The molecule has 0 aliphatic carbocycles. The molecule has 5 heteroatoms. The molecule has 0 atom stereocenters. The zero-order valence-electron chi connectivity index (χ0n) is 10.7. The number of methoxy groups -OCH3 is 1. The highest BCUT2D eigenvalue weighted by Gasteiger charge is 2.08. The van der Waals surface area contributed by atoms with Gasteiger partial charge in [-0.2, -0.15) is 0 Å². The molecule has 98 valence electrons. The van der Waals surface area contributed by atoms with Crippen molar-refractivity contribution in [1.82, 2.24) is 0 Å². The molecule has 0 bridgehead atoms. The van der Waals surface area contributed by atoms with Crippen molar-refractivity contribution in [3.05, 3.63) is 29.8 Å². The van der Waals surface area contributed by atoms with Crippen molar-refractivity contribution in [1.29, 1.82) is 0 Å². The van der Waals surface area contributed by atoms with Crippen molar-refractivity contribution < 1.29 is 19.1 Å². The fourth-order valence-electron chi connectivity index (χ4n) is 1.28. The number of anilines is 1. The van der Waals surface area contributed by atoms with E-state index in [-0.39, 0.29) is 18.6 Å². The fraction of sp³-hybridized carbons (Fsp3) is 0.385. The van der Waals surface area contributed by atoms with Gasteiger partial charge in [-0.1, -0.05) is 6.07 Å². The van der Waals surface area contributed by atoms with Crippen LogP contribution < -0.4 is 5.32 Å². The number of carbonyl (C=O) groups is 2. The van der Waals surface area contributed by atoms with Gasteiger partial charge in [0.2, 0.25) is 5.91 Å². The van der Waals surface area contributed by atoms with Crippen LogP contribution in [0.15, 0.2) is 24.3 Å². The highest BCUT2D eigenvalue weighted by atomic mass is 16.5.